The number of rotatable bonds is 2. The summed E-state index contributed by atoms with van der Waals surface area (Å²) in [4.78, 5) is 4.23. The van der Waals surface area contributed by atoms with Crippen LogP contribution in [0.2, 0.25) is 5.02 Å². The summed E-state index contributed by atoms with van der Waals surface area (Å²) in [5.41, 5.74) is 2.43. The van der Waals surface area contributed by atoms with Crippen LogP contribution in [0.4, 0.5) is 0 Å². The summed E-state index contributed by atoms with van der Waals surface area (Å²) in [5, 5.41) is 5.10. The summed E-state index contributed by atoms with van der Waals surface area (Å²) in [6.07, 6.45) is 3.58. The highest BCUT2D eigenvalue weighted by molar-refractivity contribution is 6.30. The lowest BCUT2D eigenvalue weighted by Crippen LogP contribution is -1.90. The summed E-state index contributed by atoms with van der Waals surface area (Å²) in [6.45, 7) is 0. The van der Waals surface area contributed by atoms with Crippen molar-refractivity contribution in [3.63, 3.8) is 0 Å². The van der Waals surface area contributed by atoms with E-state index < -0.39 is 0 Å². The minimum absolute atomic E-state index is 0.649. The van der Waals surface area contributed by atoms with Crippen molar-refractivity contribution in [2.24, 2.45) is 0 Å². The van der Waals surface area contributed by atoms with E-state index in [1.807, 2.05) is 30.5 Å². The van der Waals surface area contributed by atoms with Gasteiger partial charge in [0.1, 0.15) is 5.75 Å². The van der Waals surface area contributed by atoms with E-state index in [9.17, 15) is 0 Å². The molecule has 0 aliphatic carbocycles. The first-order valence-corrected chi connectivity index (χ1v) is 5.80. The molecule has 3 aromatic rings. The molecule has 0 fully saturated rings. The first-order valence-electron chi connectivity index (χ1n) is 5.42. The maximum atomic E-state index is 6.02. The molecule has 0 N–H and O–H groups in total. The second-order valence-electron chi connectivity index (χ2n) is 3.80. The van der Waals surface area contributed by atoms with Gasteiger partial charge >= 0.3 is 0 Å². The number of methoxy groups -OCH3 is 1. The predicted molar refractivity (Wildman–Crippen MR) is 70.0 cm³/mol. The highest BCUT2D eigenvalue weighted by atomic mass is 35.5. The van der Waals surface area contributed by atoms with Crippen molar-refractivity contribution >= 4 is 17.2 Å². The summed E-state index contributed by atoms with van der Waals surface area (Å²) in [5.74, 6) is 0.739. The summed E-state index contributed by atoms with van der Waals surface area (Å²) >= 11 is 6.02. The molecule has 90 valence electrons. The predicted octanol–water partition coefficient (Wildman–Crippen LogP) is 3.06. The number of ether oxygens (including phenoxy) is 1. The van der Waals surface area contributed by atoms with Gasteiger partial charge in [0.05, 0.1) is 12.8 Å². The Morgan fingerprint density at radius 2 is 2.17 bits per heavy atom. The normalized spacial score (nSPS) is 10.8. The summed E-state index contributed by atoms with van der Waals surface area (Å²) in [7, 11) is 1.63. The molecule has 0 bridgehead atoms. The Labute approximate surface area is 109 Å². The van der Waals surface area contributed by atoms with Gasteiger partial charge < -0.3 is 4.74 Å². The van der Waals surface area contributed by atoms with Crippen LogP contribution in [0.25, 0.3) is 16.9 Å². The summed E-state index contributed by atoms with van der Waals surface area (Å²) in [6, 6.07) is 9.18. The molecule has 4 nitrogen and oxygen atoms in total. The van der Waals surface area contributed by atoms with Crippen molar-refractivity contribution in [2.75, 3.05) is 7.11 Å². The van der Waals surface area contributed by atoms with E-state index in [4.69, 9.17) is 16.3 Å². The van der Waals surface area contributed by atoms with Crippen LogP contribution >= 0.6 is 11.6 Å². The molecule has 0 aliphatic heterocycles. The van der Waals surface area contributed by atoms with E-state index in [-0.39, 0.29) is 0 Å². The molecule has 0 atom stereocenters. The Morgan fingerprint density at radius 3 is 2.94 bits per heavy atom. The van der Waals surface area contributed by atoms with Crippen LogP contribution in [-0.4, -0.2) is 21.7 Å². The molecule has 1 aromatic carbocycles. The number of nitrogens with zero attached hydrogens (tertiary/aromatic N) is 3. The molecule has 3 rings (SSSR count). The van der Waals surface area contributed by atoms with Crippen LogP contribution < -0.4 is 4.74 Å². The molecule has 0 amide bonds. The van der Waals surface area contributed by atoms with Crippen LogP contribution in [-0.2, 0) is 0 Å². The van der Waals surface area contributed by atoms with Gasteiger partial charge in [0.25, 0.3) is 0 Å². The van der Waals surface area contributed by atoms with Crippen LogP contribution in [0.3, 0.4) is 0 Å². The van der Waals surface area contributed by atoms with Gasteiger partial charge in [0.15, 0.2) is 5.65 Å². The average Bonchev–Trinajstić information content (AvgIpc) is 2.82. The van der Waals surface area contributed by atoms with Gasteiger partial charge in [-0.3, -0.25) is 0 Å². The van der Waals surface area contributed by atoms with E-state index in [1.54, 1.807) is 23.9 Å². The van der Waals surface area contributed by atoms with Gasteiger partial charge in [-0.15, -0.1) is 0 Å². The zero-order valence-corrected chi connectivity index (χ0v) is 10.4. The van der Waals surface area contributed by atoms with Crippen LogP contribution in [0, 0.1) is 0 Å². The molecule has 0 saturated heterocycles. The number of halogens is 1. The molecule has 5 heteroatoms. The van der Waals surface area contributed by atoms with E-state index in [1.165, 1.54) is 0 Å². The fourth-order valence-corrected chi connectivity index (χ4v) is 2.01. The third-order valence-electron chi connectivity index (χ3n) is 2.67. The van der Waals surface area contributed by atoms with Crippen molar-refractivity contribution in [2.45, 2.75) is 0 Å². The maximum absolute atomic E-state index is 6.02. The summed E-state index contributed by atoms with van der Waals surface area (Å²) < 4.78 is 7.04. The van der Waals surface area contributed by atoms with Gasteiger partial charge in [0, 0.05) is 29.0 Å². The molecule has 2 aromatic heterocycles. The lowest BCUT2D eigenvalue weighted by atomic mass is 10.1. The molecule has 0 radical (unpaired) electrons. The number of benzene rings is 1. The first kappa shape index (κ1) is 11.0. The molecular formula is C13H10ClN3O. The Kier molecular flexibility index (Phi) is 2.64. The van der Waals surface area contributed by atoms with Gasteiger partial charge in [0.2, 0.25) is 0 Å². The Hall–Kier alpha value is -2.07. The van der Waals surface area contributed by atoms with Crippen LogP contribution in [0.1, 0.15) is 0 Å². The van der Waals surface area contributed by atoms with E-state index in [0.717, 1.165) is 22.7 Å². The van der Waals surface area contributed by atoms with E-state index in [0.29, 0.717) is 5.02 Å². The largest absolute Gasteiger partial charge is 0.496 e. The minimum atomic E-state index is 0.649. The molecule has 2 heterocycles. The zero-order valence-electron chi connectivity index (χ0n) is 9.67. The smallest absolute Gasteiger partial charge is 0.155 e. The Balaban J connectivity index is 2.22. The lowest BCUT2D eigenvalue weighted by molar-refractivity contribution is 0.416. The highest BCUT2D eigenvalue weighted by Crippen LogP contribution is 2.31. The lowest BCUT2D eigenvalue weighted by Gasteiger charge is -2.05. The quantitative estimate of drug-likeness (QED) is 0.710. The first-order chi connectivity index (χ1) is 8.78. The number of hydrogen-bond donors (Lipinski definition) is 0. The Morgan fingerprint density at radius 1 is 1.28 bits per heavy atom. The van der Waals surface area contributed by atoms with Gasteiger partial charge in [-0.1, -0.05) is 11.6 Å². The second-order valence-corrected chi connectivity index (χ2v) is 4.23. The fraction of sp³-hybridized carbons (Fsp3) is 0.0769. The second kappa shape index (κ2) is 4.31. The average molecular weight is 260 g/mol. The third kappa shape index (κ3) is 1.80. The molecular weight excluding hydrogens is 250 g/mol. The van der Waals surface area contributed by atoms with Gasteiger partial charge in [-0.05, 0) is 24.3 Å². The molecule has 0 spiro atoms. The number of fused-ring (bicyclic) bond motifs is 1. The SMILES string of the molecule is COc1ccc(Cl)cc1-c1cc2ncccn2n1. The molecule has 0 saturated carbocycles. The van der Waals surface area contributed by atoms with Gasteiger partial charge in [-0.2, -0.15) is 5.10 Å². The zero-order chi connectivity index (χ0) is 12.5. The van der Waals surface area contributed by atoms with E-state index in [2.05, 4.69) is 10.1 Å². The van der Waals surface area contributed by atoms with Crippen molar-refractivity contribution in [1.82, 2.24) is 14.6 Å². The standard InChI is InChI=1S/C13H10ClN3O/c1-18-12-4-3-9(14)7-10(12)11-8-13-15-5-2-6-17(13)16-11/h2-8H,1H3. The highest BCUT2D eigenvalue weighted by Gasteiger charge is 2.10. The monoisotopic (exact) mass is 259 g/mol. The van der Waals surface area contributed by atoms with Crippen molar-refractivity contribution < 1.29 is 4.74 Å². The molecule has 0 unspecified atom stereocenters. The minimum Gasteiger partial charge on any atom is -0.496 e. The maximum Gasteiger partial charge on any atom is 0.155 e. The van der Waals surface area contributed by atoms with Crippen molar-refractivity contribution in [3.05, 3.63) is 47.7 Å². The van der Waals surface area contributed by atoms with Crippen molar-refractivity contribution in [1.29, 1.82) is 0 Å². The fourth-order valence-electron chi connectivity index (χ4n) is 1.84. The van der Waals surface area contributed by atoms with Crippen molar-refractivity contribution in [3.8, 4) is 17.0 Å². The molecule has 18 heavy (non-hydrogen) atoms. The number of hydrogen-bond acceptors (Lipinski definition) is 3. The number of aromatic nitrogens is 3. The molecule has 0 aliphatic rings. The van der Waals surface area contributed by atoms with Crippen LogP contribution in [0.15, 0.2) is 42.7 Å². The topological polar surface area (TPSA) is 39.4 Å². The van der Waals surface area contributed by atoms with E-state index >= 15 is 0 Å². The third-order valence-corrected chi connectivity index (χ3v) is 2.91. The van der Waals surface area contributed by atoms with Gasteiger partial charge in [-0.25, -0.2) is 9.50 Å². The Bertz CT molecular complexity index is 675. The van der Waals surface area contributed by atoms with Crippen LogP contribution in [0.5, 0.6) is 5.75 Å².